The maximum absolute atomic E-state index is 5.86. The quantitative estimate of drug-likeness (QED) is 0.843. The predicted molar refractivity (Wildman–Crippen MR) is 76.5 cm³/mol. The van der Waals surface area contributed by atoms with Gasteiger partial charge in [-0.1, -0.05) is 22.5 Å². The van der Waals surface area contributed by atoms with Crippen LogP contribution in [0.1, 0.15) is 25.0 Å². The van der Waals surface area contributed by atoms with Crippen LogP contribution in [0.5, 0.6) is 5.75 Å². The van der Waals surface area contributed by atoms with Gasteiger partial charge in [0.2, 0.25) is 0 Å². The molecule has 0 spiro atoms. The van der Waals surface area contributed by atoms with Gasteiger partial charge < -0.3 is 10.5 Å². The highest BCUT2D eigenvalue weighted by Gasteiger charge is 2.10. The number of ether oxygens (including phenoxy) is 1. The first-order valence-corrected chi connectivity index (χ1v) is 6.51. The van der Waals surface area contributed by atoms with Crippen molar-refractivity contribution in [1.82, 2.24) is 0 Å². The Hall–Kier alpha value is -0.800. The van der Waals surface area contributed by atoms with Gasteiger partial charge in [0.1, 0.15) is 12.4 Å². The van der Waals surface area contributed by atoms with Crippen LogP contribution in [0, 0.1) is 6.92 Å². The van der Waals surface area contributed by atoms with Crippen molar-refractivity contribution in [1.29, 1.82) is 0 Å². The second kappa shape index (κ2) is 6.22. The summed E-state index contributed by atoms with van der Waals surface area (Å²) in [6.07, 6.45) is 0.811. The molecule has 0 radical (unpaired) electrons. The van der Waals surface area contributed by atoms with Crippen LogP contribution in [0.3, 0.4) is 0 Å². The summed E-state index contributed by atoms with van der Waals surface area (Å²) in [4.78, 5) is 0. The molecule has 0 amide bonds. The lowest BCUT2D eigenvalue weighted by atomic mass is 10.0. The van der Waals surface area contributed by atoms with E-state index >= 15 is 0 Å². The standard InChI is InChI=1S/C14H20BrNO/c1-9(2)8-17-14-10(3)5-13(15)7-12(14)6-11(4)16/h5,7,11H,1,6,8,16H2,2-4H3. The Labute approximate surface area is 112 Å². The topological polar surface area (TPSA) is 35.2 Å². The van der Waals surface area contributed by atoms with Crippen molar-refractivity contribution in [2.45, 2.75) is 33.2 Å². The average Bonchev–Trinajstić information content (AvgIpc) is 2.14. The predicted octanol–water partition coefficient (Wildman–Crippen LogP) is 3.60. The lowest BCUT2D eigenvalue weighted by Crippen LogP contribution is -2.18. The van der Waals surface area contributed by atoms with Gasteiger partial charge in [-0.3, -0.25) is 0 Å². The maximum Gasteiger partial charge on any atom is 0.126 e. The molecule has 0 saturated carbocycles. The zero-order chi connectivity index (χ0) is 13.0. The maximum atomic E-state index is 5.86. The van der Waals surface area contributed by atoms with Crippen molar-refractivity contribution in [3.63, 3.8) is 0 Å². The minimum atomic E-state index is 0.121. The number of rotatable bonds is 5. The third-order valence-electron chi connectivity index (χ3n) is 2.32. The van der Waals surface area contributed by atoms with Gasteiger partial charge in [-0.25, -0.2) is 0 Å². The molecule has 0 fully saturated rings. The van der Waals surface area contributed by atoms with Gasteiger partial charge in [-0.15, -0.1) is 0 Å². The summed E-state index contributed by atoms with van der Waals surface area (Å²) >= 11 is 3.50. The molecule has 0 heterocycles. The SMILES string of the molecule is C=C(C)COc1c(C)cc(Br)cc1CC(C)N. The van der Waals surface area contributed by atoms with Crippen LogP contribution in [0.25, 0.3) is 0 Å². The smallest absolute Gasteiger partial charge is 0.126 e. The molecule has 0 aromatic heterocycles. The van der Waals surface area contributed by atoms with Gasteiger partial charge in [0.05, 0.1) is 0 Å². The van der Waals surface area contributed by atoms with Crippen molar-refractivity contribution in [3.8, 4) is 5.75 Å². The Balaban J connectivity index is 3.02. The number of halogens is 1. The zero-order valence-corrected chi connectivity index (χ0v) is 12.3. The fourth-order valence-corrected chi connectivity index (χ4v) is 2.32. The summed E-state index contributed by atoms with van der Waals surface area (Å²) in [5.74, 6) is 0.938. The monoisotopic (exact) mass is 297 g/mol. The molecule has 0 bridgehead atoms. The Morgan fingerprint density at radius 2 is 2.18 bits per heavy atom. The third kappa shape index (κ3) is 4.52. The number of hydrogen-bond acceptors (Lipinski definition) is 2. The van der Waals surface area contributed by atoms with Crippen LogP contribution < -0.4 is 10.5 Å². The first-order chi connectivity index (χ1) is 7.90. The Morgan fingerprint density at radius 3 is 2.71 bits per heavy atom. The summed E-state index contributed by atoms with van der Waals surface area (Å²) in [5.41, 5.74) is 9.14. The number of benzene rings is 1. The summed E-state index contributed by atoms with van der Waals surface area (Å²) in [6.45, 7) is 10.4. The van der Waals surface area contributed by atoms with Crippen molar-refractivity contribution in [2.24, 2.45) is 5.73 Å². The first-order valence-electron chi connectivity index (χ1n) is 5.72. The zero-order valence-electron chi connectivity index (χ0n) is 10.7. The van der Waals surface area contributed by atoms with Gasteiger partial charge in [0.15, 0.2) is 0 Å². The number of hydrogen-bond donors (Lipinski definition) is 1. The molecule has 0 aliphatic rings. The lowest BCUT2D eigenvalue weighted by Gasteiger charge is -2.16. The minimum absolute atomic E-state index is 0.121. The van der Waals surface area contributed by atoms with E-state index in [0.717, 1.165) is 33.3 Å². The molecule has 94 valence electrons. The molecule has 17 heavy (non-hydrogen) atoms. The van der Waals surface area contributed by atoms with E-state index in [1.165, 1.54) is 0 Å². The molecule has 0 aliphatic carbocycles. The molecule has 1 rings (SSSR count). The highest BCUT2D eigenvalue weighted by atomic mass is 79.9. The molecule has 1 unspecified atom stereocenters. The molecule has 2 N–H and O–H groups in total. The number of nitrogens with two attached hydrogens (primary N) is 1. The lowest BCUT2D eigenvalue weighted by molar-refractivity contribution is 0.345. The van der Waals surface area contributed by atoms with E-state index in [4.69, 9.17) is 10.5 Å². The van der Waals surface area contributed by atoms with Crippen LogP contribution in [0.2, 0.25) is 0 Å². The minimum Gasteiger partial charge on any atom is -0.489 e. The molecule has 3 heteroatoms. The normalized spacial score (nSPS) is 12.3. The van der Waals surface area contributed by atoms with Crippen LogP contribution in [-0.2, 0) is 6.42 Å². The van der Waals surface area contributed by atoms with Gasteiger partial charge in [-0.05, 0) is 56.0 Å². The molecular formula is C14H20BrNO. The highest BCUT2D eigenvalue weighted by molar-refractivity contribution is 9.10. The molecule has 0 saturated heterocycles. The Morgan fingerprint density at radius 1 is 1.53 bits per heavy atom. The van der Waals surface area contributed by atoms with Crippen LogP contribution in [-0.4, -0.2) is 12.6 Å². The van der Waals surface area contributed by atoms with Crippen LogP contribution in [0.15, 0.2) is 28.8 Å². The second-order valence-electron chi connectivity index (χ2n) is 4.64. The van der Waals surface area contributed by atoms with E-state index in [9.17, 15) is 0 Å². The fourth-order valence-electron chi connectivity index (χ4n) is 1.70. The van der Waals surface area contributed by atoms with Gasteiger partial charge in [0, 0.05) is 10.5 Å². The largest absolute Gasteiger partial charge is 0.489 e. The van der Waals surface area contributed by atoms with Crippen molar-refractivity contribution in [2.75, 3.05) is 6.61 Å². The highest BCUT2D eigenvalue weighted by Crippen LogP contribution is 2.29. The summed E-state index contributed by atoms with van der Waals surface area (Å²) in [5, 5.41) is 0. The van der Waals surface area contributed by atoms with Crippen LogP contribution in [0.4, 0.5) is 0 Å². The van der Waals surface area contributed by atoms with Gasteiger partial charge in [-0.2, -0.15) is 0 Å². The van der Waals surface area contributed by atoms with E-state index in [2.05, 4.69) is 34.6 Å². The first kappa shape index (κ1) is 14.3. The summed E-state index contributed by atoms with van der Waals surface area (Å²) in [7, 11) is 0. The fraction of sp³-hybridized carbons (Fsp3) is 0.429. The Kier molecular flexibility index (Phi) is 5.22. The third-order valence-corrected chi connectivity index (χ3v) is 2.78. The summed E-state index contributed by atoms with van der Waals surface area (Å²) in [6, 6.07) is 4.25. The van der Waals surface area contributed by atoms with Crippen LogP contribution >= 0.6 is 15.9 Å². The molecule has 1 aromatic carbocycles. The van der Waals surface area contributed by atoms with E-state index in [1.807, 2.05) is 20.8 Å². The van der Waals surface area contributed by atoms with E-state index in [0.29, 0.717) is 6.61 Å². The van der Waals surface area contributed by atoms with E-state index in [-0.39, 0.29) is 6.04 Å². The van der Waals surface area contributed by atoms with Crippen molar-refractivity contribution < 1.29 is 4.74 Å². The Bertz CT molecular complexity index is 413. The van der Waals surface area contributed by atoms with Crippen molar-refractivity contribution >= 4 is 15.9 Å². The summed E-state index contributed by atoms with van der Waals surface area (Å²) < 4.78 is 6.87. The van der Waals surface area contributed by atoms with E-state index < -0.39 is 0 Å². The van der Waals surface area contributed by atoms with Gasteiger partial charge >= 0.3 is 0 Å². The molecule has 0 aliphatic heterocycles. The average molecular weight is 298 g/mol. The molecule has 1 aromatic rings. The molecular weight excluding hydrogens is 278 g/mol. The van der Waals surface area contributed by atoms with Gasteiger partial charge in [0.25, 0.3) is 0 Å². The number of aryl methyl sites for hydroxylation is 1. The molecule has 2 nitrogen and oxygen atoms in total. The molecule has 1 atom stereocenters. The van der Waals surface area contributed by atoms with E-state index in [1.54, 1.807) is 0 Å². The second-order valence-corrected chi connectivity index (χ2v) is 5.55. The van der Waals surface area contributed by atoms with Crippen molar-refractivity contribution in [3.05, 3.63) is 39.9 Å².